The minimum Gasteiger partial charge on any atom is -0.378 e. The molecule has 0 spiro atoms. The molecule has 1 aliphatic carbocycles. The summed E-state index contributed by atoms with van der Waals surface area (Å²) in [5, 5.41) is 5.61. The van der Waals surface area contributed by atoms with E-state index in [1.165, 1.54) is 29.7 Å². The van der Waals surface area contributed by atoms with Gasteiger partial charge in [-0.05, 0) is 56.7 Å². The van der Waals surface area contributed by atoms with E-state index in [2.05, 4.69) is 23.7 Å². The first-order valence-corrected chi connectivity index (χ1v) is 6.85. The average molecular weight is 239 g/mol. The van der Waals surface area contributed by atoms with Gasteiger partial charge in [-0.2, -0.15) is 0 Å². The molecule has 1 fully saturated rings. The zero-order valence-electron chi connectivity index (χ0n) is 10.4. The Kier molecular flexibility index (Phi) is 3.67. The molecule has 2 rings (SSSR count). The van der Waals surface area contributed by atoms with Crippen LogP contribution < -0.4 is 5.32 Å². The summed E-state index contributed by atoms with van der Waals surface area (Å²) in [5.41, 5.74) is 1.58. The number of hydrogen-bond acceptors (Lipinski definition) is 3. The molecular formula is C13H21NOS. The van der Waals surface area contributed by atoms with Crippen LogP contribution in [0.5, 0.6) is 0 Å². The van der Waals surface area contributed by atoms with E-state index in [4.69, 9.17) is 4.74 Å². The maximum absolute atomic E-state index is 5.71. The minimum absolute atomic E-state index is 0.141. The Morgan fingerprint density at radius 3 is 2.69 bits per heavy atom. The summed E-state index contributed by atoms with van der Waals surface area (Å²) in [6.07, 6.45) is 4.83. The molecule has 2 nitrogen and oxygen atoms in total. The Morgan fingerprint density at radius 1 is 1.56 bits per heavy atom. The van der Waals surface area contributed by atoms with Crippen molar-refractivity contribution in [1.29, 1.82) is 0 Å². The Balaban J connectivity index is 2.09. The topological polar surface area (TPSA) is 21.3 Å². The van der Waals surface area contributed by atoms with E-state index in [1.54, 1.807) is 0 Å². The van der Waals surface area contributed by atoms with Gasteiger partial charge in [-0.3, -0.25) is 0 Å². The molecule has 0 radical (unpaired) electrons. The highest BCUT2D eigenvalue weighted by atomic mass is 32.1. The molecule has 1 atom stereocenters. The summed E-state index contributed by atoms with van der Waals surface area (Å²) in [6.45, 7) is 2.20. The number of rotatable bonds is 5. The van der Waals surface area contributed by atoms with Crippen molar-refractivity contribution >= 4 is 11.3 Å². The van der Waals surface area contributed by atoms with Crippen molar-refractivity contribution in [2.24, 2.45) is 0 Å². The molecule has 0 aliphatic heterocycles. The maximum atomic E-state index is 5.71. The maximum Gasteiger partial charge on any atom is 0.0697 e. The number of methoxy groups -OCH3 is 1. The van der Waals surface area contributed by atoms with E-state index in [0.717, 1.165) is 6.42 Å². The third kappa shape index (κ3) is 2.17. The summed E-state index contributed by atoms with van der Waals surface area (Å²) in [7, 11) is 3.90. The molecule has 0 bridgehead atoms. The Labute approximate surface area is 102 Å². The van der Waals surface area contributed by atoms with Crippen molar-refractivity contribution in [2.75, 3.05) is 14.2 Å². The van der Waals surface area contributed by atoms with Gasteiger partial charge in [0.2, 0.25) is 0 Å². The summed E-state index contributed by atoms with van der Waals surface area (Å²) >= 11 is 1.83. The SMILES string of the molecule is CNC(CC1(OC)CCC1)c1ccsc1C. The third-order valence-corrected chi connectivity index (χ3v) is 4.76. The van der Waals surface area contributed by atoms with Gasteiger partial charge in [0, 0.05) is 18.0 Å². The number of ether oxygens (including phenoxy) is 1. The van der Waals surface area contributed by atoms with Crippen LogP contribution in [0.3, 0.4) is 0 Å². The van der Waals surface area contributed by atoms with E-state index in [-0.39, 0.29) is 5.60 Å². The van der Waals surface area contributed by atoms with Crippen LogP contribution in [0.4, 0.5) is 0 Å². The molecular weight excluding hydrogens is 218 g/mol. The molecule has 1 saturated carbocycles. The predicted molar refractivity (Wildman–Crippen MR) is 69.1 cm³/mol. The third-order valence-electron chi connectivity index (χ3n) is 3.90. The Morgan fingerprint density at radius 2 is 2.31 bits per heavy atom. The van der Waals surface area contributed by atoms with Crippen LogP contribution in [0.15, 0.2) is 11.4 Å². The number of hydrogen-bond donors (Lipinski definition) is 1. The lowest BCUT2D eigenvalue weighted by Gasteiger charge is -2.42. The quantitative estimate of drug-likeness (QED) is 0.851. The van der Waals surface area contributed by atoms with Gasteiger partial charge in [0.15, 0.2) is 0 Å². The van der Waals surface area contributed by atoms with Crippen molar-refractivity contribution in [3.63, 3.8) is 0 Å². The fourth-order valence-corrected chi connectivity index (χ4v) is 3.32. The molecule has 1 aliphatic rings. The van der Waals surface area contributed by atoms with Crippen molar-refractivity contribution in [2.45, 2.75) is 44.2 Å². The lowest BCUT2D eigenvalue weighted by molar-refractivity contribution is -0.0834. The molecule has 1 unspecified atom stereocenters. The van der Waals surface area contributed by atoms with E-state index in [1.807, 2.05) is 25.5 Å². The standard InChI is InChI=1S/C13H21NOS/c1-10-11(5-8-16-10)12(14-2)9-13(15-3)6-4-7-13/h5,8,12,14H,4,6-7,9H2,1-3H3. The summed E-state index contributed by atoms with van der Waals surface area (Å²) in [4.78, 5) is 1.42. The monoisotopic (exact) mass is 239 g/mol. The van der Waals surface area contributed by atoms with Crippen molar-refractivity contribution < 1.29 is 4.74 Å². The zero-order chi connectivity index (χ0) is 11.6. The van der Waals surface area contributed by atoms with Crippen LogP contribution in [-0.4, -0.2) is 19.8 Å². The fourth-order valence-electron chi connectivity index (χ4n) is 2.56. The van der Waals surface area contributed by atoms with Crippen LogP contribution in [0.25, 0.3) is 0 Å². The minimum atomic E-state index is 0.141. The molecule has 90 valence electrons. The first-order valence-electron chi connectivity index (χ1n) is 5.97. The zero-order valence-corrected chi connectivity index (χ0v) is 11.2. The first kappa shape index (κ1) is 12.1. The van der Waals surface area contributed by atoms with Crippen molar-refractivity contribution in [3.8, 4) is 0 Å². The number of aryl methyl sites for hydroxylation is 1. The van der Waals surface area contributed by atoms with Gasteiger partial charge in [0.05, 0.1) is 5.60 Å². The summed E-state index contributed by atoms with van der Waals surface area (Å²) in [5.74, 6) is 0. The molecule has 1 aromatic heterocycles. The molecule has 1 N–H and O–H groups in total. The second kappa shape index (κ2) is 4.86. The van der Waals surface area contributed by atoms with Gasteiger partial charge in [0.25, 0.3) is 0 Å². The van der Waals surface area contributed by atoms with Crippen LogP contribution in [0.1, 0.15) is 42.2 Å². The van der Waals surface area contributed by atoms with Gasteiger partial charge in [-0.25, -0.2) is 0 Å². The van der Waals surface area contributed by atoms with Crippen LogP contribution in [-0.2, 0) is 4.74 Å². The van der Waals surface area contributed by atoms with E-state index >= 15 is 0 Å². The lowest BCUT2D eigenvalue weighted by atomic mass is 9.75. The van der Waals surface area contributed by atoms with Crippen LogP contribution >= 0.6 is 11.3 Å². The largest absolute Gasteiger partial charge is 0.378 e. The Hall–Kier alpha value is -0.380. The van der Waals surface area contributed by atoms with Gasteiger partial charge in [-0.1, -0.05) is 0 Å². The smallest absolute Gasteiger partial charge is 0.0697 e. The Bertz CT molecular complexity index is 338. The van der Waals surface area contributed by atoms with Crippen molar-refractivity contribution in [3.05, 3.63) is 21.9 Å². The fraction of sp³-hybridized carbons (Fsp3) is 0.692. The van der Waals surface area contributed by atoms with Crippen LogP contribution in [0, 0.1) is 6.92 Å². The van der Waals surface area contributed by atoms with Gasteiger partial charge >= 0.3 is 0 Å². The van der Waals surface area contributed by atoms with Gasteiger partial charge in [-0.15, -0.1) is 11.3 Å². The molecule has 1 aromatic rings. The molecule has 0 aromatic carbocycles. The average Bonchev–Trinajstić information content (AvgIpc) is 2.65. The van der Waals surface area contributed by atoms with Gasteiger partial charge in [0.1, 0.15) is 0 Å². The molecule has 0 amide bonds. The first-order chi connectivity index (χ1) is 7.71. The van der Waals surface area contributed by atoms with E-state index in [9.17, 15) is 0 Å². The highest BCUT2D eigenvalue weighted by molar-refractivity contribution is 7.10. The van der Waals surface area contributed by atoms with E-state index < -0.39 is 0 Å². The molecule has 0 saturated heterocycles. The second-order valence-electron chi connectivity index (χ2n) is 4.72. The normalized spacial score (nSPS) is 20.4. The lowest BCUT2D eigenvalue weighted by Crippen LogP contribution is -2.42. The second-order valence-corrected chi connectivity index (χ2v) is 5.84. The number of nitrogens with one attached hydrogen (secondary N) is 1. The highest BCUT2D eigenvalue weighted by Crippen LogP contribution is 2.42. The highest BCUT2D eigenvalue weighted by Gasteiger charge is 2.39. The predicted octanol–water partition coefficient (Wildman–Crippen LogP) is 3.28. The summed E-state index contributed by atoms with van der Waals surface area (Å²) in [6, 6.07) is 2.68. The summed E-state index contributed by atoms with van der Waals surface area (Å²) < 4.78 is 5.71. The molecule has 3 heteroatoms. The number of thiophene rings is 1. The van der Waals surface area contributed by atoms with Crippen molar-refractivity contribution in [1.82, 2.24) is 5.32 Å². The van der Waals surface area contributed by atoms with E-state index in [0.29, 0.717) is 6.04 Å². The van der Waals surface area contributed by atoms with Crippen LogP contribution in [0.2, 0.25) is 0 Å². The molecule has 16 heavy (non-hydrogen) atoms. The van der Waals surface area contributed by atoms with Gasteiger partial charge < -0.3 is 10.1 Å². The molecule has 1 heterocycles.